The minimum Gasteiger partial charge on any atom is -0.456 e. The van der Waals surface area contributed by atoms with Crippen LogP contribution in [0.5, 0.6) is 11.5 Å². The van der Waals surface area contributed by atoms with E-state index in [1.807, 2.05) is 84.9 Å². The maximum atomic E-state index is 12.4. The van der Waals surface area contributed by atoms with Crippen molar-refractivity contribution in [1.82, 2.24) is 0 Å². The zero-order chi connectivity index (χ0) is 21.7. The Labute approximate surface area is 194 Å². The lowest BCUT2D eigenvalue weighted by Crippen LogP contribution is -2.26. The fraction of sp³-hybridized carbons (Fsp3) is 0.0345. The maximum Gasteiger partial charge on any atom is 0.145 e. The first-order valence-electron chi connectivity index (χ1n) is 10.5. The van der Waals surface area contributed by atoms with Crippen LogP contribution in [0.25, 0.3) is 21.9 Å². The largest absolute Gasteiger partial charge is 0.456 e. The third-order valence-electron chi connectivity index (χ3n) is 6.24. The monoisotopic (exact) mass is 478 g/mol. The van der Waals surface area contributed by atoms with Crippen LogP contribution in [-0.4, -0.2) is 5.11 Å². The molecule has 0 saturated heterocycles. The van der Waals surface area contributed by atoms with Gasteiger partial charge < -0.3 is 9.84 Å². The van der Waals surface area contributed by atoms with Crippen LogP contribution in [-0.2, 0) is 5.60 Å². The highest BCUT2D eigenvalue weighted by atomic mass is 79.9. The molecule has 3 heteroatoms. The molecule has 1 unspecified atom stereocenters. The SMILES string of the molecule is OC1(c2ccccc2Oc2cccc3ccccc23)c2ccccc2-c2c(Br)cccc21. The fourth-order valence-electron chi connectivity index (χ4n) is 4.81. The van der Waals surface area contributed by atoms with Gasteiger partial charge in [0, 0.05) is 32.1 Å². The second kappa shape index (κ2) is 7.33. The summed E-state index contributed by atoms with van der Waals surface area (Å²) >= 11 is 3.70. The van der Waals surface area contributed by atoms with E-state index in [1.165, 1.54) is 0 Å². The van der Waals surface area contributed by atoms with E-state index in [0.29, 0.717) is 5.75 Å². The van der Waals surface area contributed by atoms with E-state index in [-0.39, 0.29) is 0 Å². The van der Waals surface area contributed by atoms with Gasteiger partial charge in [-0.15, -0.1) is 0 Å². The summed E-state index contributed by atoms with van der Waals surface area (Å²) in [6.45, 7) is 0. The van der Waals surface area contributed by atoms with Gasteiger partial charge in [0.1, 0.15) is 17.1 Å². The first-order valence-corrected chi connectivity index (χ1v) is 11.3. The van der Waals surface area contributed by atoms with Gasteiger partial charge in [0.25, 0.3) is 0 Å². The molecule has 6 rings (SSSR count). The summed E-state index contributed by atoms with van der Waals surface area (Å²) in [5.74, 6) is 1.40. The quantitative estimate of drug-likeness (QED) is 0.288. The number of halogens is 1. The zero-order valence-electron chi connectivity index (χ0n) is 17.1. The van der Waals surface area contributed by atoms with E-state index in [4.69, 9.17) is 4.74 Å². The molecule has 1 aliphatic carbocycles. The van der Waals surface area contributed by atoms with Crippen molar-refractivity contribution in [3.05, 3.63) is 130 Å². The number of ether oxygens (including phenoxy) is 1. The lowest BCUT2D eigenvalue weighted by atomic mass is 9.84. The van der Waals surface area contributed by atoms with Crippen LogP contribution in [0.2, 0.25) is 0 Å². The molecule has 1 aliphatic rings. The molecular formula is C29H19BrO2. The predicted octanol–water partition coefficient (Wildman–Crippen LogP) is 7.66. The van der Waals surface area contributed by atoms with Crippen molar-refractivity contribution in [3.8, 4) is 22.6 Å². The lowest BCUT2D eigenvalue weighted by Gasteiger charge is -2.28. The van der Waals surface area contributed by atoms with Gasteiger partial charge in [-0.05, 0) is 29.1 Å². The standard InChI is InChI=1S/C29H19BrO2/c30-25-16-8-15-24-28(25)21-12-3-4-13-22(21)29(24,31)23-14-5-6-17-27(23)32-26-18-7-10-19-9-1-2-11-20(19)26/h1-18,31H. The van der Waals surface area contributed by atoms with Crippen molar-refractivity contribution in [2.45, 2.75) is 5.60 Å². The summed E-state index contributed by atoms with van der Waals surface area (Å²) in [5.41, 5.74) is 3.15. The molecule has 0 amide bonds. The van der Waals surface area contributed by atoms with Crippen molar-refractivity contribution < 1.29 is 9.84 Å². The maximum absolute atomic E-state index is 12.4. The summed E-state index contributed by atoms with van der Waals surface area (Å²) < 4.78 is 7.45. The van der Waals surface area contributed by atoms with Gasteiger partial charge in [-0.25, -0.2) is 0 Å². The smallest absolute Gasteiger partial charge is 0.145 e. The van der Waals surface area contributed by atoms with Gasteiger partial charge >= 0.3 is 0 Å². The number of para-hydroxylation sites is 1. The molecule has 1 atom stereocenters. The van der Waals surface area contributed by atoms with E-state index in [0.717, 1.165) is 48.8 Å². The Morgan fingerprint density at radius 1 is 0.594 bits per heavy atom. The van der Waals surface area contributed by atoms with Crippen molar-refractivity contribution in [2.24, 2.45) is 0 Å². The van der Waals surface area contributed by atoms with Crippen LogP contribution >= 0.6 is 15.9 Å². The number of hydrogen-bond donors (Lipinski definition) is 1. The molecule has 0 aliphatic heterocycles. The van der Waals surface area contributed by atoms with Crippen LogP contribution < -0.4 is 4.74 Å². The Balaban J connectivity index is 1.58. The molecule has 0 fully saturated rings. The van der Waals surface area contributed by atoms with Gasteiger partial charge in [0.15, 0.2) is 0 Å². The Hall–Kier alpha value is -3.40. The second-order valence-corrected chi connectivity index (χ2v) is 8.85. The second-order valence-electron chi connectivity index (χ2n) is 7.99. The molecule has 0 radical (unpaired) electrons. The molecule has 0 saturated carbocycles. The summed E-state index contributed by atoms with van der Waals surface area (Å²) in [6, 6.07) is 36.0. The first-order chi connectivity index (χ1) is 15.7. The van der Waals surface area contributed by atoms with Crippen molar-refractivity contribution in [3.63, 3.8) is 0 Å². The Morgan fingerprint density at radius 3 is 2.12 bits per heavy atom. The van der Waals surface area contributed by atoms with E-state index in [9.17, 15) is 5.11 Å². The zero-order valence-corrected chi connectivity index (χ0v) is 18.7. The third kappa shape index (κ3) is 2.75. The lowest BCUT2D eigenvalue weighted by molar-refractivity contribution is 0.128. The molecule has 5 aromatic rings. The Kier molecular flexibility index (Phi) is 4.42. The van der Waals surface area contributed by atoms with E-state index in [1.54, 1.807) is 0 Å². The van der Waals surface area contributed by atoms with Crippen LogP contribution in [0.15, 0.2) is 114 Å². The fourth-order valence-corrected chi connectivity index (χ4v) is 5.39. The van der Waals surface area contributed by atoms with Gasteiger partial charge in [-0.3, -0.25) is 0 Å². The third-order valence-corrected chi connectivity index (χ3v) is 6.90. The average molecular weight is 479 g/mol. The van der Waals surface area contributed by atoms with Crippen molar-refractivity contribution in [2.75, 3.05) is 0 Å². The normalized spacial score (nSPS) is 16.6. The topological polar surface area (TPSA) is 29.5 Å². The molecule has 2 nitrogen and oxygen atoms in total. The van der Waals surface area contributed by atoms with E-state index < -0.39 is 5.60 Å². The molecule has 5 aromatic carbocycles. The van der Waals surface area contributed by atoms with E-state index >= 15 is 0 Å². The molecule has 0 aromatic heterocycles. The summed E-state index contributed by atoms with van der Waals surface area (Å²) in [4.78, 5) is 0. The molecular weight excluding hydrogens is 460 g/mol. The van der Waals surface area contributed by atoms with Gasteiger partial charge in [-0.1, -0.05) is 107 Å². The first kappa shape index (κ1) is 19.3. The molecule has 1 N–H and O–H groups in total. The Morgan fingerprint density at radius 2 is 1.22 bits per heavy atom. The highest BCUT2D eigenvalue weighted by Gasteiger charge is 2.45. The van der Waals surface area contributed by atoms with Gasteiger partial charge in [0.2, 0.25) is 0 Å². The minimum absolute atomic E-state index is 0.633. The predicted molar refractivity (Wildman–Crippen MR) is 132 cm³/mol. The summed E-state index contributed by atoms with van der Waals surface area (Å²) in [5, 5.41) is 14.5. The number of aliphatic hydroxyl groups is 1. The summed E-state index contributed by atoms with van der Waals surface area (Å²) in [7, 11) is 0. The highest BCUT2D eigenvalue weighted by Crippen LogP contribution is 2.55. The summed E-state index contributed by atoms with van der Waals surface area (Å²) in [6.07, 6.45) is 0. The van der Waals surface area contributed by atoms with E-state index in [2.05, 4.69) is 40.2 Å². The number of fused-ring (bicyclic) bond motifs is 4. The van der Waals surface area contributed by atoms with Crippen LogP contribution in [0.4, 0.5) is 0 Å². The average Bonchev–Trinajstić information content (AvgIpc) is 3.10. The van der Waals surface area contributed by atoms with Crippen LogP contribution in [0.1, 0.15) is 16.7 Å². The molecule has 0 heterocycles. The number of hydrogen-bond acceptors (Lipinski definition) is 2. The van der Waals surface area contributed by atoms with Gasteiger partial charge in [0.05, 0.1) is 0 Å². The molecule has 0 spiro atoms. The van der Waals surface area contributed by atoms with Crippen molar-refractivity contribution >= 4 is 26.7 Å². The van der Waals surface area contributed by atoms with Crippen LogP contribution in [0.3, 0.4) is 0 Å². The molecule has 0 bridgehead atoms. The minimum atomic E-state index is -1.32. The Bertz CT molecular complexity index is 1480. The van der Waals surface area contributed by atoms with Crippen molar-refractivity contribution in [1.29, 1.82) is 0 Å². The molecule has 32 heavy (non-hydrogen) atoms. The number of rotatable bonds is 3. The molecule has 154 valence electrons. The van der Waals surface area contributed by atoms with Crippen LogP contribution in [0, 0.1) is 0 Å². The highest BCUT2D eigenvalue weighted by molar-refractivity contribution is 9.10. The number of benzene rings is 5. The van der Waals surface area contributed by atoms with Gasteiger partial charge in [-0.2, -0.15) is 0 Å².